The smallest absolute Gasteiger partial charge is 0.134 e. The first kappa shape index (κ1) is 15.3. The number of piperazine rings is 1. The lowest BCUT2D eigenvalue weighted by atomic mass is 10.2. The Morgan fingerprint density at radius 1 is 1.09 bits per heavy atom. The average Bonchev–Trinajstić information content (AvgIpc) is 2.60. The first-order valence-electron chi connectivity index (χ1n) is 8.01. The molecule has 0 unspecified atom stereocenters. The summed E-state index contributed by atoms with van der Waals surface area (Å²) in [7, 11) is 0. The third kappa shape index (κ3) is 3.80. The number of aromatic nitrogens is 2. The van der Waals surface area contributed by atoms with E-state index in [9.17, 15) is 0 Å². The maximum absolute atomic E-state index is 4.59. The summed E-state index contributed by atoms with van der Waals surface area (Å²) >= 11 is 0. The molecule has 0 aliphatic carbocycles. The van der Waals surface area contributed by atoms with E-state index in [4.69, 9.17) is 0 Å². The molecule has 1 aliphatic heterocycles. The van der Waals surface area contributed by atoms with E-state index >= 15 is 0 Å². The zero-order chi connectivity index (χ0) is 16.1. The molecule has 0 saturated carbocycles. The number of hydrogen-bond donors (Lipinski definition) is 1. The molecule has 120 valence electrons. The minimum absolute atomic E-state index is 0.706. The highest BCUT2D eigenvalue weighted by Gasteiger charge is 2.19. The Hall–Kier alpha value is -2.56. The Labute approximate surface area is 137 Å². The van der Waals surface area contributed by atoms with Gasteiger partial charge in [0.05, 0.1) is 0 Å². The Balaban J connectivity index is 1.67. The largest absolute Gasteiger partial charge is 0.368 e. The highest BCUT2D eigenvalue weighted by Crippen LogP contribution is 2.20. The second-order valence-electron chi connectivity index (χ2n) is 5.64. The van der Waals surface area contributed by atoms with Crippen LogP contribution in [0, 0.1) is 6.92 Å². The molecule has 23 heavy (non-hydrogen) atoms. The topological polar surface area (TPSA) is 44.3 Å². The second-order valence-corrected chi connectivity index (χ2v) is 5.64. The molecular formula is C18H23N5. The molecule has 1 aromatic carbocycles. The Kier molecular flexibility index (Phi) is 4.76. The minimum Gasteiger partial charge on any atom is -0.368 e. The van der Waals surface area contributed by atoms with Crippen molar-refractivity contribution in [3.8, 4) is 0 Å². The molecule has 2 aromatic rings. The lowest BCUT2D eigenvalue weighted by molar-refractivity contribution is 0.646. The van der Waals surface area contributed by atoms with Crippen LogP contribution in [0.4, 0.5) is 17.3 Å². The fourth-order valence-electron chi connectivity index (χ4n) is 2.81. The third-order valence-electron chi connectivity index (χ3n) is 3.98. The van der Waals surface area contributed by atoms with Gasteiger partial charge in [0.1, 0.15) is 17.5 Å². The molecule has 2 heterocycles. The molecule has 0 amide bonds. The first-order valence-corrected chi connectivity index (χ1v) is 8.01. The van der Waals surface area contributed by atoms with Gasteiger partial charge in [-0.25, -0.2) is 9.97 Å². The van der Waals surface area contributed by atoms with E-state index in [1.54, 1.807) is 0 Å². The van der Waals surface area contributed by atoms with Crippen molar-refractivity contribution in [2.75, 3.05) is 47.8 Å². The zero-order valence-corrected chi connectivity index (χ0v) is 13.6. The van der Waals surface area contributed by atoms with Crippen LogP contribution in [0.2, 0.25) is 0 Å². The summed E-state index contributed by atoms with van der Waals surface area (Å²) in [6, 6.07) is 12.6. The van der Waals surface area contributed by atoms with Crippen molar-refractivity contribution in [1.82, 2.24) is 9.97 Å². The van der Waals surface area contributed by atoms with Gasteiger partial charge >= 0.3 is 0 Å². The molecule has 0 atom stereocenters. The van der Waals surface area contributed by atoms with Crippen molar-refractivity contribution >= 4 is 17.3 Å². The SMILES string of the molecule is C=CCNc1cc(N2CCN(c3ccccc3)CC2)nc(C)n1. The summed E-state index contributed by atoms with van der Waals surface area (Å²) in [6.07, 6.45) is 1.83. The van der Waals surface area contributed by atoms with Crippen molar-refractivity contribution in [2.24, 2.45) is 0 Å². The van der Waals surface area contributed by atoms with Crippen LogP contribution >= 0.6 is 0 Å². The van der Waals surface area contributed by atoms with Gasteiger partial charge in [-0.15, -0.1) is 6.58 Å². The van der Waals surface area contributed by atoms with Crippen LogP contribution in [-0.2, 0) is 0 Å². The van der Waals surface area contributed by atoms with Crippen LogP contribution in [0.3, 0.4) is 0 Å². The monoisotopic (exact) mass is 309 g/mol. The molecule has 0 radical (unpaired) electrons. The molecule has 1 aromatic heterocycles. The molecule has 5 nitrogen and oxygen atoms in total. The summed E-state index contributed by atoms with van der Waals surface area (Å²) in [5, 5.41) is 3.24. The molecule has 0 bridgehead atoms. The zero-order valence-electron chi connectivity index (χ0n) is 13.6. The maximum Gasteiger partial charge on any atom is 0.134 e. The molecule has 1 aliphatic rings. The lowest BCUT2D eigenvalue weighted by Crippen LogP contribution is -2.46. The Morgan fingerprint density at radius 3 is 2.48 bits per heavy atom. The van der Waals surface area contributed by atoms with Gasteiger partial charge in [0.2, 0.25) is 0 Å². The average molecular weight is 309 g/mol. The summed E-state index contributed by atoms with van der Waals surface area (Å²) < 4.78 is 0. The summed E-state index contributed by atoms with van der Waals surface area (Å²) in [5.74, 6) is 2.65. The number of nitrogens with zero attached hydrogens (tertiary/aromatic N) is 4. The highest BCUT2D eigenvalue weighted by atomic mass is 15.3. The molecule has 1 saturated heterocycles. The van der Waals surface area contributed by atoms with Crippen molar-refractivity contribution in [2.45, 2.75) is 6.92 Å². The van der Waals surface area contributed by atoms with Crippen LogP contribution in [0.1, 0.15) is 5.82 Å². The van der Waals surface area contributed by atoms with Crippen LogP contribution in [0.25, 0.3) is 0 Å². The fraction of sp³-hybridized carbons (Fsp3) is 0.333. The standard InChI is InChI=1S/C18H23N5/c1-3-9-19-17-14-18(21-15(2)20-17)23-12-10-22(11-13-23)16-7-5-4-6-8-16/h3-8,14H,1,9-13H2,2H3,(H,19,20,21). The van der Waals surface area contributed by atoms with Gasteiger partial charge in [-0.2, -0.15) is 0 Å². The van der Waals surface area contributed by atoms with Crippen molar-refractivity contribution in [1.29, 1.82) is 0 Å². The number of rotatable bonds is 5. The van der Waals surface area contributed by atoms with E-state index in [1.807, 2.05) is 19.1 Å². The molecule has 5 heteroatoms. The Bertz CT molecular complexity index is 648. The van der Waals surface area contributed by atoms with Gasteiger partial charge in [-0.1, -0.05) is 24.3 Å². The lowest BCUT2D eigenvalue weighted by Gasteiger charge is -2.36. The summed E-state index contributed by atoms with van der Waals surface area (Å²) in [4.78, 5) is 13.8. The van der Waals surface area contributed by atoms with Crippen molar-refractivity contribution in [3.63, 3.8) is 0 Å². The number of nitrogens with one attached hydrogen (secondary N) is 1. The normalized spacial score (nSPS) is 14.7. The van der Waals surface area contributed by atoms with Gasteiger partial charge in [0, 0.05) is 44.5 Å². The molecule has 1 fully saturated rings. The molecule has 0 spiro atoms. The van der Waals surface area contributed by atoms with Gasteiger partial charge in [-0.3, -0.25) is 0 Å². The molecular weight excluding hydrogens is 286 g/mol. The summed E-state index contributed by atoms with van der Waals surface area (Å²) in [5.41, 5.74) is 1.29. The van der Waals surface area contributed by atoms with Gasteiger partial charge in [0.25, 0.3) is 0 Å². The maximum atomic E-state index is 4.59. The minimum atomic E-state index is 0.706. The third-order valence-corrected chi connectivity index (χ3v) is 3.98. The van der Waals surface area contributed by atoms with Crippen LogP contribution in [-0.4, -0.2) is 42.7 Å². The predicted octanol–water partition coefficient (Wildman–Crippen LogP) is 2.71. The Morgan fingerprint density at radius 2 is 1.78 bits per heavy atom. The van der Waals surface area contributed by atoms with E-state index in [-0.39, 0.29) is 0 Å². The predicted molar refractivity (Wildman–Crippen MR) is 96.3 cm³/mol. The fourth-order valence-corrected chi connectivity index (χ4v) is 2.81. The van der Waals surface area contributed by atoms with E-state index in [0.717, 1.165) is 43.6 Å². The van der Waals surface area contributed by atoms with E-state index in [1.165, 1.54) is 5.69 Å². The van der Waals surface area contributed by atoms with E-state index in [0.29, 0.717) is 6.54 Å². The number of aryl methyl sites for hydroxylation is 1. The number of hydrogen-bond acceptors (Lipinski definition) is 5. The number of anilines is 3. The highest BCUT2D eigenvalue weighted by molar-refractivity contribution is 5.52. The first-order chi connectivity index (χ1) is 11.3. The van der Waals surface area contributed by atoms with Gasteiger partial charge < -0.3 is 15.1 Å². The summed E-state index contributed by atoms with van der Waals surface area (Å²) in [6.45, 7) is 10.3. The van der Waals surface area contributed by atoms with Crippen molar-refractivity contribution in [3.05, 3.63) is 54.9 Å². The molecule has 3 rings (SSSR count). The molecule has 1 N–H and O–H groups in total. The van der Waals surface area contributed by atoms with Gasteiger partial charge in [-0.05, 0) is 19.1 Å². The second kappa shape index (κ2) is 7.13. The number of benzene rings is 1. The van der Waals surface area contributed by atoms with Crippen LogP contribution < -0.4 is 15.1 Å². The number of para-hydroxylation sites is 1. The van der Waals surface area contributed by atoms with E-state index in [2.05, 4.69) is 62.0 Å². The van der Waals surface area contributed by atoms with Gasteiger partial charge in [0.15, 0.2) is 0 Å². The van der Waals surface area contributed by atoms with E-state index < -0.39 is 0 Å². The van der Waals surface area contributed by atoms with Crippen molar-refractivity contribution < 1.29 is 0 Å². The van der Waals surface area contributed by atoms with Crippen LogP contribution in [0.15, 0.2) is 49.1 Å². The van der Waals surface area contributed by atoms with Crippen LogP contribution in [0.5, 0.6) is 0 Å². The quantitative estimate of drug-likeness (QED) is 0.860.